The van der Waals surface area contributed by atoms with Gasteiger partial charge in [0.1, 0.15) is 5.82 Å². The molecule has 6 heteroatoms. The van der Waals surface area contributed by atoms with Crippen LogP contribution < -0.4 is 4.90 Å². The second-order valence-electron chi connectivity index (χ2n) is 4.43. The first-order valence-electron chi connectivity index (χ1n) is 6.08. The van der Waals surface area contributed by atoms with Gasteiger partial charge in [-0.15, -0.1) is 11.6 Å². The Hall–Kier alpha value is -1.36. The molecule has 1 aromatic rings. The Labute approximate surface area is 112 Å². The van der Waals surface area contributed by atoms with Crippen LogP contribution in [0.25, 0.3) is 0 Å². The first-order chi connectivity index (χ1) is 8.72. The lowest BCUT2D eigenvalue weighted by molar-refractivity contribution is -0.134. The first-order valence-corrected chi connectivity index (χ1v) is 6.61. The van der Waals surface area contributed by atoms with Gasteiger partial charge in [0, 0.05) is 50.4 Å². The summed E-state index contributed by atoms with van der Waals surface area (Å²) in [7, 11) is 0. The van der Waals surface area contributed by atoms with E-state index in [0.717, 1.165) is 32.0 Å². The molecule has 0 saturated carbocycles. The smallest absolute Gasteiger partial charge is 0.226 e. The highest BCUT2D eigenvalue weighted by Crippen LogP contribution is 2.13. The van der Waals surface area contributed by atoms with Gasteiger partial charge >= 0.3 is 0 Å². The van der Waals surface area contributed by atoms with Gasteiger partial charge < -0.3 is 9.80 Å². The zero-order valence-electron chi connectivity index (χ0n) is 10.4. The van der Waals surface area contributed by atoms with E-state index >= 15 is 0 Å². The van der Waals surface area contributed by atoms with Crippen molar-refractivity contribution in [3.05, 3.63) is 18.6 Å². The topological polar surface area (TPSA) is 49.3 Å². The van der Waals surface area contributed by atoms with Crippen LogP contribution in [0.5, 0.6) is 0 Å². The third kappa shape index (κ3) is 2.90. The number of piperazine rings is 1. The summed E-state index contributed by atoms with van der Waals surface area (Å²) in [5, 5.41) is 0. The molecule has 0 bridgehead atoms. The second kappa shape index (κ2) is 6.00. The molecule has 98 valence electrons. The molecular weight excluding hydrogens is 252 g/mol. The van der Waals surface area contributed by atoms with E-state index in [9.17, 15) is 4.79 Å². The van der Waals surface area contributed by atoms with Gasteiger partial charge in [-0.1, -0.05) is 6.92 Å². The third-order valence-electron chi connectivity index (χ3n) is 3.12. The fourth-order valence-electron chi connectivity index (χ4n) is 1.99. The highest BCUT2D eigenvalue weighted by Gasteiger charge is 2.24. The lowest BCUT2D eigenvalue weighted by Gasteiger charge is -2.36. The maximum atomic E-state index is 12.0. The third-order valence-corrected chi connectivity index (χ3v) is 3.58. The summed E-state index contributed by atoms with van der Waals surface area (Å²) in [6.07, 6.45) is 5.09. The Balaban J connectivity index is 1.90. The van der Waals surface area contributed by atoms with Gasteiger partial charge in [0.05, 0.1) is 6.20 Å². The van der Waals surface area contributed by atoms with Crippen LogP contribution in [0.1, 0.15) is 6.92 Å². The van der Waals surface area contributed by atoms with Gasteiger partial charge in [0.15, 0.2) is 0 Å². The van der Waals surface area contributed by atoms with Crippen molar-refractivity contribution >= 4 is 23.3 Å². The quantitative estimate of drug-likeness (QED) is 0.768. The molecule has 1 aliphatic heterocycles. The van der Waals surface area contributed by atoms with Crippen LogP contribution in [0.4, 0.5) is 5.82 Å². The SMILES string of the molecule is CC(CCl)C(=O)N1CCN(c2cnccn2)CC1. The van der Waals surface area contributed by atoms with Gasteiger partial charge in [-0.3, -0.25) is 9.78 Å². The molecule has 1 fully saturated rings. The fraction of sp³-hybridized carbons (Fsp3) is 0.583. The number of hydrogen-bond acceptors (Lipinski definition) is 4. The number of carbonyl (C=O) groups is 1. The molecule has 1 aliphatic rings. The van der Waals surface area contributed by atoms with E-state index in [2.05, 4.69) is 14.9 Å². The molecule has 18 heavy (non-hydrogen) atoms. The second-order valence-corrected chi connectivity index (χ2v) is 4.74. The number of anilines is 1. The minimum absolute atomic E-state index is 0.102. The van der Waals surface area contributed by atoms with Gasteiger partial charge in [-0.25, -0.2) is 4.98 Å². The average Bonchev–Trinajstić information content (AvgIpc) is 2.47. The van der Waals surface area contributed by atoms with Crippen LogP contribution in [0.3, 0.4) is 0 Å². The maximum Gasteiger partial charge on any atom is 0.226 e. The summed E-state index contributed by atoms with van der Waals surface area (Å²) < 4.78 is 0. The van der Waals surface area contributed by atoms with Crippen LogP contribution in [0.15, 0.2) is 18.6 Å². The Morgan fingerprint density at radius 2 is 2.11 bits per heavy atom. The number of alkyl halides is 1. The zero-order valence-corrected chi connectivity index (χ0v) is 11.2. The van der Waals surface area contributed by atoms with Crippen molar-refractivity contribution in [1.82, 2.24) is 14.9 Å². The minimum Gasteiger partial charge on any atom is -0.352 e. The van der Waals surface area contributed by atoms with E-state index in [4.69, 9.17) is 11.6 Å². The van der Waals surface area contributed by atoms with E-state index < -0.39 is 0 Å². The predicted molar refractivity (Wildman–Crippen MR) is 70.7 cm³/mol. The molecule has 1 unspecified atom stereocenters. The van der Waals surface area contributed by atoms with E-state index in [-0.39, 0.29) is 11.8 Å². The van der Waals surface area contributed by atoms with Crippen LogP contribution in [-0.4, -0.2) is 52.8 Å². The normalized spacial score (nSPS) is 17.7. The molecule has 0 radical (unpaired) electrons. The summed E-state index contributed by atoms with van der Waals surface area (Å²) in [4.78, 5) is 24.3. The number of amides is 1. The van der Waals surface area contributed by atoms with Crippen molar-refractivity contribution < 1.29 is 4.79 Å². The number of hydrogen-bond donors (Lipinski definition) is 0. The molecule has 1 saturated heterocycles. The lowest BCUT2D eigenvalue weighted by Crippen LogP contribution is -2.50. The lowest BCUT2D eigenvalue weighted by atomic mass is 10.1. The molecule has 0 spiro atoms. The summed E-state index contributed by atoms with van der Waals surface area (Å²) in [5.41, 5.74) is 0. The molecule has 0 aliphatic carbocycles. The van der Waals surface area contributed by atoms with Gasteiger partial charge in [0.2, 0.25) is 5.91 Å². The monoisotopic (exact) mass is 268 g/mol. The van der Waals surface area contributed by atoms with E-state index in [1.807, 2.05) is 11.8 Å². The van der Waals surface area contributed by atoms with E-state index in [1.54, 1.807) is 18.6 Å². The van der Waals surface area contributed by atoms with Crippen LogP contribution in [0.2, 0.25) is 0 Å². The van der Waals surface area contributed by atoms with Crippen LogP contribution in [-0.2, 0) is 4.79 Å². The largest absolute Gasteiger partial charge is 0.352 e. The Kier molecular flexibility index (Phi) is 4.36. The molecular formula is C12H17ClN4O. The Morgan fingerprint density at radius 1 is 1.39 bits per heavy atom. The van der Waals surface area contributed by atoms with Crippen LogP contribution >= 0.6 is 11.6 Å². The van der Waals surface area contributed by atoms with Gasteiger partial charge in [-0.2, -0.15) is 0 Å². The van der Waals surface area contributed by atoms with Crippen LogP contribution in [0, 0.1) is 5.92 Å². The molecule has 1 aromatic heterocycles. The highest BCUT2D eigenvalue weighted by molar-refractivity contribution is 6.19. The molecule has 5 nitrogen and oxygen atoms in total. The molecule has 0 N–H and O–H groups in total. The summed E-state index contributed by atoms with van der Waals surface area (Å²) in [6.45, 7) is 4.89. The van der Waals surface area contributed by atoms with Crippen molar-refractivity contribution in [3.63, 3.8) is 0 Å². The van der Waals surface area contributed by atoms with E-state index in [0.29, 0.717) is 5.88 Å². The number of halogens is 1. The highest BCUT2D eigenvalue weighted by atomic mass is 35.5. The first kappa shape index (κ1) is 13.1. The summed E-state index contributed by atoms with van der Waals surface area (Å²) >= 11 is 5.71. The number of rotatable bonds is 3. The van der Waals surface area contributed by atoms with E-state index in [1.165, 1.54) is 0 Å². The number of carbonyl (C=O) groups excluding carboxylic acids is 1. The van der Waals surface area contributed by atoms with Gasteiger partial charge in [-0.05, 0) is 0 Å². The van der Waals surface area contributed by atoms with Crippen molar-refractivity contribution in [2.75, 3.05) is 37.0 Å². The molecule has 0 aromatic carbocycles. The molecule has 2 heterocycles. The maximum absolute atomic E-state index is 12.0. The molecule has 2 rings (SSSR count). The van der Waals surface area contributed by atoms with Crippen molar-refractivity contribution in [3.8, 4) is 0 Å². The number of nitrogens with zero attached hydrogens (tertiary/aromatic N) is 4. The summed E-state index contributed by atoms with van der Waals surface area (Å²) in [6, 6.07) is 0. The zero-order chi connectivity index (χ0) is 13.0. The standard InChI is InChI=1S/C12H17ClN4O/c1-10(8-13)12(18)17-6-4-16(5-7-17)11-9-14-2-3-15-11/h2-3,9-10H,4-8H2,1H3. The minimum atomic E-state index is -0.102. The molecule has 1 amide bonds. The van der Waals surface area contributed by atoms with Crippen molar-refractivity contribution in [1.29, 1.82) is 0 Å². The Bertz CT molecular complexity index is 392. The van der Waals surface area contributed by atoms with Crippen molar-refractivity contribution in [2.24, 2.45) is 5.92 Å². The number of aromatic nitrogens is 2. The fourth-order valence-corrected chi connectivity index (χ4v) is 2.12. The molecule has 1 atom stereocenters. The average molecular weight is 269 g/mol. The van der Waals surface area contributed by atoms with Gasteiger partial charge in [0.25, 0.3) is 0 Å². The Morgan fingerprint density at radius 3 is 2.67 bits per heavy atom. The predicted octanol–water partition coefficient (Wildman–Crippen LogP) is 1.00. The van der Waals surface area contributed by atoms with Crippen molar-refractivity contribution in [2.45, 2.75) is 6.92 Å². The summed E-state index contributed by atoms with van der Waals surface area (Å²) in [5.74, 6) is 1.29.